The minimum atomic E-state index is 0.149. The Bertz CT molecular complexity index is 704. The molecular weight excluding hydrogens is 344 g/mol. The second-order valence-corrected chi connectivity index (χ2v) is 8.00. The fraction of sp³-hybridized carbons (Fsp3) is 0.400. The number of nitrogens with one attached hydrogen (secondary N) is 2. The van der Waals surface area contributed by atoms with Crippen molar-refractivity contribution in [3.05, 3.63) is 59.8 Å². The van der Waals surface area contributed by atoms with Gasteiger partial charge in [0, 0.05) is 36.6 Å². The van der Waals surface area contributed by atoms with Gasteiger partial charge in [0.1, 0.15) is 6.61 Å². The third-order valence-corrected chi connectivity index (χ3v) is 5.22. The quantitative estimate of drug-likeness (QED) is 0.549. The predicted octanol–water partition coefficient (Wildman–Crippen LogP) is 3.47. The Morgan fingerprint density at radius 2 is 1.92 bits per heavy atom. The molecule has 0 aliphatic carbocycles. The van der Waals surface area contributed by atoms with Crippen molar-refractivity contribution in [1.82, 2.24) is 15.6 Å². The number of guanidine groups is 1. The summed E-state index contributed by atoms with van der Waals surface area (Å²) < 4.78 is 6.05. The second-order valence-electron chi connectivity index (χ2n) is 6.49. The summed E-state index contributed by atoms with van der Waals surface area (Å²) in [7, 11) is 1.78. The van der Waals surface area contributed by atoms with Crippen molar-refractivity contribution in [3.8, 4) is 5.88 Å². The molecule has 0 amide bonds. The fourth-order valence-electron chi connectivity index (χ4n) is 2.18. The maximum absolute atomic E-state index is 5.91. The van der Waals surface area contributed by atoms with Crippen molar-refractivity contribution in [2.75, 3.05) is 19.8 Å². The smallest absolute Gasteiger partial charge is 0.218 e. The Kier molecular flexibility index (Phi) is 7.78. The van der Waals surface area contributed by atoms with E-state index in [2.05, 4.69) is 40.7 Å². The van der Waals surface area contributed by atoms with Crippen molar-refractivity contribution in [2.45, 2.75) is 31.7 Å². The number of hydrogen-bond acceptors (Lipinski definition) is 4. The summed E-state index contributed by atoms with van der Waals surface area (Å²) in [4.78, 5) is 8.66. The topological polar surface area (TPSA) is 58.5 Å². The average Bonchev–Trinajstić information content (AvgIpc) is 2.68. The summed E-state index contributed by atoms with van der Waals surface area (Å²) in [6, 6.07) is 14.0. The van der Waals surface area contributed by atoms with E-state index in [1.165, 1.54) is 0 Å². The van der Waals surface area contributed by atoms with Gasteiger partial charge in [-0.3, -0.25) is 4.99 Å². The molecule has 0 atom stereocenters. The van der Waals surface area contributed by atoms with Gasteiger partial charge in [-0.2, -0.15) is 11.8 Å². The van der Waals surface area contributed by atoms with Crippen LogP contribution < -0.4 is 15.4 Å². The summed E-state index contributed by atoms with van der Waals surface area (Å²) in [6.07, 6.45) is 3.86. The molecule has 2 N–H and O–H groups in total. The molecule has 0 bridgehead atoms. The zero-order valence-corrected chi connectivity index (χ0v) is 16.8. The molecule has 5 nitrogen and oxygen atoms in total. The van der Waals surface area contributed by atoms with Crippen LogP contribution in [0.5, 0.6) is 5.88 Å². The zero-order chi connectivity index (χ0) is 18.8. The molecule has 140 valence electrons. The second kappa shape index (κ2) is 10.1. The highest BCUT2D eigenvalue weighted by Crippen LogP contribution is 2.19. The van der Waals surface area contributed by atoms with Crippen molar-refractivity contribution in [3.63, 3.8) is 0 Å². The number of aliphatic imine (C=N–C) groups is 1. The standard InChI is InChI=1S/C20H28N4OS/c1-20(2,26-4)15-24-19(21-3)23-13-17-11-8-12-22-18(17)25-14-16-9-6-5-7-10-16/h5-12H,13-15H2,1-4H3,(H2,21,23,24). The van der Waals surface area contributed by atoms with Crippen LogP contribution in [0.1, 0.15) is 25.0 Å². The lowest BCUT2D eigenvalue weighted by Gasteiger charge is -2.23. The van der Waals surface area contributed by atoms with Gasteiger partial charge in [-0.05, 0) is 31.7 Å². The van der Waals surface area contributed by atoms with Gasteiger partial charge in [0.25, 0.3) is 0 Å². The first-order valence-corrected chi connectivity index (χ1v) is 9.87. The Labute approximate surface area is 160 Å². The molecule has 2 rings (SSSR count). The van der Waals surface area contributed by atoms with E-state index in [0.717, 1.165) is 23.6 Å². The molecule has 2 aromatic rings. The van der Waals surface area contributed by atoms with Gasteiger partial charge >= 0.3 is 0 Å². The monoisotopic (exact) mass is 372 g/mol. The van der Waals surface area contributed by atoms with Gasteiger partial charge in [0.2, 0.25) is 5.88 Å². The van der Waals surface area contributed by atoms with E-state index in [0.29, 0.717) is 19.0 Å². The minimum Gasteiger partial charge on any atom is -0.473 e. The van der Waals surface area contributed by atoms with Crippen LogP contribution in [-0.4, -0.2) is 35.5 Å². The summed E-state index contributed by atoms with van der Waals surface area (Å²) in [5.74, 6) is 1.41. The van der Waals surface area contributed by atoms with Crippen LogP contribution in [0.4, 0.5) is 0 Å². The molecule has 6 heteroatoms. The van der Waals surface area contributed by atoms with Gasteiger partial charge < -0.3 is 15.4 Å². The van der Waals surface area contributed by atoms with Crippen LogP contribution in [-0.2, 0) is 13.2 Å². The van der Waals surface area contributed by atoms with E-state index >= 15 is 0 Å². The summed E-state index contributed by atoms with van der Waals surface area (Å²) >= 11 is 1.83. The normalized spacial score (nSPS) is 11.9. The molecule has 0 spiro atoms. The largest absolute Gasteiger partial charge is 0.473 e. The molecule has 26 heavy (non-hydrogen) atoms. The Morgan fingerprint density at radius 3 is 2.62 bits per heavy atom. The SMILES string of the molecule is CN=C(NCc1cccnc1OCc1ccccc1)NCC(C)(C)SC. The number of nitrogens with zero attached hydrogens (tertiary/aromatic N) is 2. The van der Waals surface area contributed by atoms with Gasteiger partial charge in [-0.25, -0.2) is 4.98 Å². The molecule has 0 fully saturated rings. The van der Waals surface area contributed by atoms with E-state index in [9.17, 15) is 0 Å². The predicted molar refractivity (Wildman–Crippen MR) is 111 cm³/mol. The van der Waals surface area contributed by atoms with Crippen LogP contribution >= 0.6 is 11.8 Å². The van der Waals surface area contributed by atoms with E-state index in [4.69, 9.17) is 4.74 Å². The molecule has 1 aromatic heterocycles. The van der Waals surface area contributed by atoms with Crippen molar-refractivity contribution >= 4 is 17.7 Å². The molecule has 0 saturated carbocycles. The molecule has 0 radical (unpaired) electrons. The number of aromatic nitrogens is 1. The maximum atomic E-state index is 5.91. The number of pyridine rings is 1. The first-order chi connectivity index (χ1) is 12.5. The highest BCUT2D eigenvalue weighted by molar-refractivity contribution is 7.99. The highest BCUT2D eigenvalue weighted by Gasteiger charge is 2.16. The Hall–Kier alpha value is -2.21. The molecule has 0 saturated heterocycles. The third-order valence-electron chi connectivity index (χ3n) is 3.97. The summed E-state index contributed by atoms with van der Waals surface area (Å²) in [5.41, 5.74) is 2.12. The van der Waals surface area contributed by atoms with Gasteiger partial charge in [0.05, 0.1) is 0 Å². The third kappa shape index (κ3) is 6.59. The molecule has 1 heterocycles. The maximum Gasteiger partial charge on any atom is 0.218 e. The lowest BCUT2D eigenvalue weighted by molar-refractivity contribution is 0.290. The van der Waals surface area contributed by atoms with Crippen LogP contribution in [0.3, 0.4) is 0 Å². The van der Waals surface area contributed by atoms with Crippen LogP contribution in [0.15, 0.2) is 53.7 Å². The molecule has 0 unspecified atom stereocenters. The van der Waals surface area contributed by atoms with Crippen molar-refractivity contribution in [2.24, 2.45) is 4.99 Å². The van der Waals surface area contributed by atoms with Crippen LogP contribution in [0, 0.1) is 0 Å². The first kappa shape index (κ1) is 20.1. The van der Waals surface area contributed by atoms with E-state index in [1.54, 1.807) is 13.2 Å². The summed E-state index contributed by atoms with van der Waals surface area (Å²) in [5, 5.41) is 6.70. The Morgan fingerprint density at radius 1 is 1.15 bits per heavy atom. The number of hydrogen-bond donors (Lipinski definition) is 2. The van der Waals surface area contributed by atoms with Crippen LogP contribution in [0.2, 0.25) is 0 Å². The fourth-order valence-corrected chi connectivity index (χ4v) is 2.40. The number of rotatable bonds is 8. The average molecular weight is 373 g/mol. The van der Waals surface area contributed by atoms with Crippen molar-refractivity contribution in [1.29, 1.82) is 0 Å². The molecule has 0 aliphatic rings. The number of ether oxygens (including phenoxy) is 1. The first-order valence-electron chi connectivity index (χ1n) is 8.64. The summed E-state index contributed by atoms with van der Waals surface area (Å²) in [6.45, 7) is 6.33. The number of benzene rings is 1. The minimum absolute atomic E-state index is 0.149. The van der Waals surface area contributed by atoms with E-state index in [-0.39, 0.29) is 4.75 Å². The van der Waals surface area contributed by atoms with E-state index in [1.807, 2.05) is 54.2 Å². The molecule has 1 aromatic carbocycles. The highest BCUT2D eigenvalue weighted by atomic mass is 32.2. The molecular formula is C20H28N4OS. The van der Waals surface area contributed by atoms with Crippen LogP contribution in [0.25, 0.3) is 0 Å². The molecule has 0 aliphatic heterocycles. The lowest BCUT2D eigenvalue weighted by atomic mass is 10.2. The van der Waals surface area contributed by atoms with E-state index < -0.39 is 0 Å². The van der Waals surface area contributed by atoms with Gasteiger partial charge in [-0.1, -0.05) is 36.4 Å². The lowest BCUT2D eigenvalue weighted by Crippen LogP contribution is -2.43. The van der Waals surface area contributed by atoms with Gasteiger partial charge in [0.15, 0.2) is 5.96 Å². The zero-order valence-electron chi connectivity index (χ0n) is 16.0. The Balaban J connectivity index is 1.92. The van der Waals surface area contributed by atoms with Gasteiger partial charge in [-0.15, -0.1) is 0 Å². The van der Waals surface area contributed by atoms with Crippen molar-refractivity contribution < 1.29 is 4.74 Å². The number of thioether (sulfide) groups is 1.